The molecular weight excluding hydrogens is 261 g/mol. The van der Waals surface area contributed by atoms with E-state index >= 15 is 0 Å². The third kappa shape index (κ3) is 2.90. The van der Waals surface area contributed by atoms with Gasteiger partial charge >= 0.3 is 5.97 Å². The van der Waals surface area contributed by atoms with Crippen molar-refractivity contribution < 1.29 is 14.3 Å². The van der Waals surface area contributed by atoms with Crippen molar-refractivity contribution in [1.29, 1.82) is 0 Å². The van der Waals surface area contributed by atoms with E-state index in [0.717, 1.165) is 13.1 Å². The molecule has 0 atom stereocenters. The topological polar surface area (TPSA) is 56.7 Å². The number of carbonyl (C=O) groups is 1. The highest BCUT2D eigenvalue weighted by molar-refractivity contribution is 5.88. The third-order valence-corrected chi connectivity index (χ3v) is 3.63. The second kappa shape index (κ2) is 5.36. The van der Waals surface area contributed by atoms with Crippen LogP contribution in [0.15, 0.2) is 12.3 Å². The fourth-order valence-corrected chi connectivity index (χ4v) is 2.41. The molecule has 0 spiro atoms. The van der Waals surface area contributed by atoms with E-state index in [2.05, 4.69) is 30.7 Å². The Morgan fingerprint density at radius 3 is 2.40 bits per heavy atom. The van der Waals surface area contributed by atoms with Crippen LogP contribution in [-0.2, 0) is 0 Å². The third-order valence-electron chi connectivity index (χ3n) is 3.63. The van der Waals surface area contributed by atoms with Gasteiger partial charge in [-0.25, -0.2) is 14.2 Å². The molecule has 1 aliphatic heterocycles. The molecule has 1 saturated heterocycles. The maximum Gasteiger partial charge on any atom is 0.338 e. The Morgan fingerprint density at radius 1 is 1.30 bits per heavy atom. The molecule has 20 heavy (non-hydrogen) atoms. The first-order valence-corrected chi connectivity index (χ1v) is 6.68. The van der Waals surface area contributed by atoms with Gasteiger partial charge in [-0.15, -0.1) is 0 Å². The summed E-state index contributed by atoms with van der Waals surface area (Å²) in [6.07, 6.45) is 1.35. The zero-order valence-electron chi connectivity index (χ0n) is 12.1. The standard InChI is InChI=1S/C14H20FN3O2/c1-14(2,3)18-8-6-17(7-9-18)12-11(15)10(13(19)20)4-5-16-12/h4-5H,6-9H2,1-3H3,(H,19,20). The second-order valence-corrected chi connectivity index (χ2v) is 5.95. The molecule has 5 nitrogen and oxygen atoms in total. The lowest BCUT2D eigenvalue weighted by molar-refractivity contribution is 0.0691. The number of carboxylic acids is 1. The van der Waals surface area contributed by atoms with Gasteiger partial charge in [0.15, 0.2) is 11.6 Å². The van der Waals surface area contributed by atoms with Gasteiger partial charge in [0, 0.05) is 37.9 Å². The van der Waals surface area contributed by atoms with Crippen LogP contribution in [-0.4, -0.2) is 52.7 Å². The van der Waals surface area contributed by atoms with Crippen molar-refractivity contribution in [3.63, 3.8) is 0 Å². The van der Waals surface area contributed by atoms with Crippen LogP contribution in [0.25, 0.3) is 0 Å². The Balaban J connectivity index is 2.15. The molecule has 0 aliphatic carbocycles. The number of hydrogen-bond acceptors (Lipinski definition) is 4. The fourth-order valence-electron chi connectivity index (χ4n) is 2.41. The molecule has 0 saturated carbocycles. The van der Waals surface area contributed by atoms with Crippen molar-refractivity contribution in [2.45, 2.75) is 26.3 Å². The molecule has 0 amide bonds. The highest BCUT2D eigenvalue weighted by Gasteiger charge is 2.28. The molecule has 0 radical (unpaired) electrons. The van der Waals surface area contributed by atoms with Crippen molar-refractivity contribution in [3.8, 4) is 0 Å². The largest absolute Gasteiger partial charge is 0.478 e. The Hall–Kier alpha value is -1.69. The normalized spacial score (nSPS) is 17.3. The van der Waals surface area contributed by atoms with Crippen LogP contribution in [0.5, 0.6) is 0 Å². The summed E-state index contributed by atoms with van der Waals surface area (Å²) in [5.41, 5.74) is -0.241. The van der Waals surface area contributed by atoms with Crippen LogP contribution in [0.3, 0.4) is 0 Å². The Labute approximate surface area is 118 Å². The van der Waals surface area contributed by atoms with Crippen molar-refractivity contribution in [2.24, 2.45) is 0 Å². The molecule has 1 N–H and O–H groups in total. The van der Waals surface area contributed by atoms with E-state index in [1.54, 1.807) is 0 Å². The number of nitrogens with zero attached hydrogens (tertiary/aromatic N) is 3. The molecule has 1 aliphatic rings. The summed E-state index contributed by atoms with van der Waals surface area (Å²) in [5, 5.41) is 8.94. The van der Waals surface area contributed by atoms with Crippen LogP contribution in [0.4, 0.5) is 10.2 Å². The fraction of sp³-hybridized carbons (Fsp3) is 0.571. The first kappa shape index (κ1) is 14.7. The monoisotopic (exact) mass is 281 g/mol. The maximum atomic E-state index is 14.1. The van der Waals surface area contributed by atoms with Gasteiger partial charge in [-0.3, -0.25) is 4.90 Å². The van der Waals surface area contributed by atoms with Gasteiger partial charge in [0.1, 0.15) is 5.56 Å². The highest BCUT2D eigenvalue weighted by Crippen LogP contribution is 2.23. The lowest BCUT2D eigenvalue weighted by Crippen LogP contribution is -2.53. The summed E-state index contributed by atoms with van der Waals surface area (Å²) >= 11 is 0. The average Bonchev–Trinajstić information content (AvgIpc) is 2.38. The van der Waals surface area contributed by atoms with Crippen molar-refractivity contribution >= 4 is 11.8 Å². The number of aromatic carboxylic acids is 1. The maximum absolute atomic E-state index is 14.1. The number of carboxylic acid groups (broad SMARTS) is 1. The first-order chi connectivity index (χ1) is 9.30. The number of pyridine rings is 1. The van der Waals surface area contributed by atoms with E-state index in [0.29, 0.717) is 13.1 Å². The number of halogens is 1. The molecule has 0 bridgehead atoms. The van der Waals surface area contributed by atoms with Gasteiger partial charge in [-0.2, -0.15) is 0 Å². The van der Waals surface area contributed by atoms with Crippen LogP contribution in [0, 0.1) is 5.82 Å². The minimum absolute atomic E-state index is 0.0843. The molecule has 2 rings (SSSR count). The molecule has 0 unspecified atom stereocenters. The quantitative estimate of drug-likeness (QED) is 0.896. The lowest BCUT2D eigenvalue weighted by atomic mass is 10.0. The summed E-state index contributed by atoms with van der Waals surface area (Å²) in [6.45, 7) is 9.34. The minimum atomic E-state index is -1.26. The van der Waals surface area contributed by atoms with Crippen LogP contribution < -0.4 is 4.90 Å². The van der Waals surface area contributed by atoms with Gasteiger partial charge in [-0.1, -0.05) is 0 Å². The van der Waals surface area contributed by atoms with E-state index < -0.39 is 11.8 Å². The molecule has 1 aromatic heterocycles. The van der Waals surface area contributed by atoms with E-state index in [4.69, 9.17) is 5.11 Å². The van der Waals surface area contributed by atoms with E-state index in [-0.39, 0.29) is 16.9 Å². The van der Waals surface area contributed by atoms with Gasteiger partial charge in [0.25, 0.3) is 0 Å². The zero-order chi connectivity index (χ0) is 14.9. The predicted octanol–water partition coefficient (Wildman–Crippen LogP) is 1.84. The van der Waals surface area contributed by atoms with E-state index in [1.165, 1.54) is 12.3 Å². The number of anilines is 1. The lowest BCUT2D eigenvalue weighted by Gasteiger charge is -2.42. The summed E-state index contributed by atoms with van der Waals surface area (Å²) in [4.78, 5) is 19.1. The summed E-state index contributed by atoms with van der Waals surface area (Å²) < 4.78 is 14.1. The van der Waals surface area contributed by atoms with Crippen LogP contribution in [0.1, 0.15) is 31.1 Å². The molecule has 1 aromatic rings. The van der Waals surface area contributed by atoms with Gasteiger partial charge in [0.05, 0.1) is 0 Å². The number of hydrogen-bond donors (Lipinski definition) is 1. The number of piperazine rings is 1. The second-order valence-electron chi connectivity index (χ2n) is 5.95. The Kier molecular flexibility index (Phi) is 3.94. The zero-order valence-corrected chi connectivity index (χ0v) is 12.1. The van der Waals surface area contributed by atoms with Crippen molar-refractivity contribution in [3.05, 3.63) is 23.6 Å². The smallest absolute Gasteiger partial charge is 0.338 e. The molecular formula is C14H20FN3O2. The molecule has 110 valence electrons. The predicted molar refractivity (Wildman–Crippen MR) is 74.7 cm³/mol. The SMILES string of the molecule is CC(C)(C)N1CCN(c2nccc(C(=O)O)c2F)CC1. The van der Waals surface area contributed by atoms with Crippen molar-refractivity contribution in [2.75, 3.05) is 31.1 Å². The van der Waals surface area contributed by atoms with Crippen LogP contribution in [0.2, 0.25) is 0 Å². The van der Waals surface area contributed by atoms with Gasteiger partial charge in [-0.05, 0) is 26.8 Å². The number of aromatic nitrogens is 1. The molecule has 6 heteroatoms. The highest BCUT2D eigenvalue weighted by atomic mass is 19.1. The molecule has 1 fully saturated rings. The molecule has 2 heterocycles. The Bertz CT molecular complexity index is 506. The minimum Gasteiger partial charge on any atom is -0.478 e. The van der Waals surface area contributed by atoms with Gasteiger partial charge < -0.3 is 10.0 Å². The first-order valence-electron chi connectivity index (χ1n) is 6.68. The summed E-state index contributed by atoms with van der Waals surface area (Å²) in [6, 6.07) is 1.19. The summed E-state index contributed by atoms with van der Waals surface area (Å²) in [7, 11) is 0. The Morgan fingerprint density at radius 2 is 1.90 bits per heavy atom. The summed E-state index contributed by atoms with van der Waals surface area (Å²) in [5.74, 6) is -1.87. The molecule has 0 aromatic carbocycles. The van der Waals surface area contributed by atoms with Crippen molar-refractivity contribution in [1.82, 2.24) is 9.88 Å². The van der Waals surface area contributed by atoms with E-state index in [1.807, 2.05) is 4.90 Å². The number of rotatable bonds is 2. The average molecular weight is 281 g/mol. The van der Waals surface area contributed by atoms with Gasteiger partial charge in [0.2, 0.25) is 0 Å². The van der Waals surface area contributed by atoms with E-state index in [9.17, 15) is 9.18 Å². The van der Waals surface area contributed by atoms with Crippen LogP contribution >= 0.6 is 0 Å².